The van der Waals surface area contributed by atoms with Crippen molar-refractivity contribution in [3.8, 4) is 5.75 Å². The van der Waals surface area contributed by atoms with E-state index in [1.165, 1.54) is 30.6 Å². The van der Waals surface area contributed by atoms with E-state index in [-0.39, 0.29) is 11.7 Å². The van der Waals surface area contributed by atoms with E-state index >= 15 is 0 Å². The molecule has 0 aliphatic heterocycles. The standard InChI is InChI=1S/C33H39N5O3S4/c1-5-7-10-24(6-2)21-41-26-14-16-28-30(20-26)44-33(34-28)36-35-27-15-13-25(19-29(27)37-45(39,40)22-23(3)4)38(31-11-8-17-42-31)32-12-9-18-43-32/h8-9,11-20,23-24,37H,5-7,10,21-22H2,1-4H3/b36-35+. The van der Waals surface area contributed by atoms with Gasteiger partial charge in [-0.1, -0.05) is 58.3 Å². The molecule has 12 heteroatoms. The van der Waals surface area contributed by atoms with Crippen molar-refractivity contribution in [3.63, 3.8) is 0 Å². The predicted molar refractivity (Wildman–Crippen MR) is 192 cm³/mol. The molecule has 3 aromatic heterocycles. The summed E-state index contributed by atoms with van der Waals surface area (Å²) < 4.78 is 36.0. The van der Waals surface area contributed by atoms with Gasteiger partial charge < -0.3 is 4.74 Å². The van der Waals surface area contributed by atoms with Crippen LogP contribution in [-0.4, -0.2) is 25.8 Å². The molecule has 0 radical (unpaired) electrons. The van der Waals surface area contributed by atoms with Crippen molar-refractivity contribution in [2.24, 2.45) is 22.1 Å². The van der Waals surface area contributed by atoms with E-state index in [0.29, 0.717) is 29.0 Å². The van der Waals surface area contributed by atoms with Crippen LogP contribution >= 0.6 is 34.0 Å². The van der Waals surface area contributed by atoms with Crippen LogP contribution in [0.3, 0.4) is 0 Å². The van der Waals surface area contributed by atoms with E-state index in [0.717, 1.165) is 38.1 Å². The van der Waals surface area contributed by atoms with Crippen LogP contribution in [0.15, 0.2) is 81.7 Å². The van der Waals surface area contributed by atoms with Gasteiger partial charge in [0.15, 0.2) is 0 Å². The quantitative estimate of drug-likeness (QED) is 0.105. The maximum Gasteiger partial charge on any atom is 0.233 e. The molecule has 0 saturated heterocycles. The van der Waals surface area contributed by atoms with Crippen LogP contribution in [0.1, 0.15) is 53.4 Å². The Morgan fingerprint density at radius 2 is 1.73 bits per heavy atom. The Morgan fingerprint density at radius 3 is 2.38 bits per heavy atom. The van der Waals surface area contributed by atoms with Gasteiger partial charge in [0.05, 0.1) is 28.3 Å². The van der Waals surface area contributed by atoms with Gasteiger partial charge in [-0.3, -0.25) is 9.62 Å². The van der Waals surface area contributed by atoms with E-state index in [2.05, 4.69) is 38.7 Å². The number of rotatable bonds is 16. The molecule has 0 aliphatic rings. The van der Waals surface area contributed by atoms with Crippen molar-refractivity contribution in [1.82, 2.24) is 4.98 Å². The lowest BCUT2D eigenvalue weighted by Gasteiger charge is -2.23. The monoisotopic (exact) mass is 681 g/mol. The fraction of sp³-hybridized carbons (Fsp3) is 0.364. The predicted octanol–water partition coefficient (Wildman–Crippen LogP) is 11.3. The molecule has 1 atom stereocenters. The first-order chi connectivity index (χ1) is 21.7. The first-order valence-electron chi connectivity index (χ1n) is 15.2. The molecule has 2 aromatic carbocycles. The molecule has 238 valence electrons. The van der Waals surface area contributed by atoms with Crippen LogP contribution < -0.4 is 14.4 Å². The lowest BCUT2D eigenvalue weighted by Crippen LogP contribution is -2.20. The van der Waals surface area contributed by atoms with E-state index in [1.807, 2.05) is 79.2 Å². The van der Waals surface area contributed by atoms with Gasteiger partial charge in [-0.05, 0) is 89.7 Å². The molecule has 5 rings (SSSR count). The van der Waals surface area contributed by atoms with Gasteiger partial charge >= 0.3 is 0 Å². The maximum absolute atomic E-state index is 13.1. The minimum absolute atomic E-state index is 0.00669. The molecule has 45 heavy (non-hydrogen) atoms. The van der Waals surface area contributed by atoms with Crippen LogP contribution in [0.2, 0.25) is 0 Å². The van der Waals surface area contributed by atoms with Crippen molar-refractivity contribution in [2.75, 3.05) is 22.0 Å². The molecule has 3 heterocycles. The van der Waals surface area contributed by atoms with Gasteiger partial charge in [-0.2, -0.15) is 0 Å². The Kier molecular flexibility index (Phi) is 11.2. The topological polar surface area (TPSA) is 96.2 Å². The third-order valence-electron chi connectivity index (χ3n) is 7.13. The molecule has 0 amide bonds. The average molecular weight is 682 g/mol. The molecule has 5 aromatic rings. The summed E-state index contributed by atoms with van der Waals surface area (Å²) in [7, 11) is -3.63. The Labute approximate surface area is 277 Å². The highest BCUT2D eigenvalue weighted by atomic mass is 32.2. The number of nitrogens with zero attached hydrogens (tertiary/aromatic N) is 4. The van der Waals surface area contributed by atoms with Crippen LogP contribution in [0.25, 0.3) is 10.2 Å². The zero-order chi connectivity index (χ0) is 31.8. The number of fused-ring (bicyclic) bond motifs is 1. The summed E-state index contributed by atoms with van der Waals surface area (Å²) in [5.41, 5.74) is 2.40. The van der Waals surface area contributed by atoms with Crippen LogP contribution in [0, 0.1) is 11.8 Å². The highest BCUT2D eigenvalue weighted by Crippen LogP contribution is 2.43. The van der Waals surface area contributed by atoms with Crippen LogP contribution in [0.5, 0.6) is 5.75 Å². The van der Waals surface area contributed by atoms with Crippen LogP contribution in [0.4, 0.5) is 32.2 Å². The zero-order valence-electron chi connectivity index (χ0n) is 26.0. The molecule has 8 nitrogen and oxygen atoms in total. The number of ether oxygens (including phenoxy) is 1. The Morgan fingerprint density at radius 1 is 0.978 bits per heavy atom. The first kappa shape index (κ1) is 33.1. The van der Waals surface area contributed by atoms with Crippen molar-refractivity contribution in [3.05, 3.63) is 71.4 Å². The molecule has 0 aliphatic carbocycles. The Bertz CT molecular complexity index is 1760. The number of thiazole rings is 1. The molecule has 0 fully saturated rings. The molecular weight excluding hydrogens is 643 g/mol. The first-order valence-corrected chi connectivity index (χ1v) is 19.4. The molecule has 0 spiro atoms. The number of hydrogen-bond acceptors (Lipinski definition) is 10. The number of hydrogen-bond donors (Lipinski definition) is 1. The van der Waals surface area contributed by atoms with E-state index < -0.39 is 10.0 Å². The molecule has 0 bridgehead atoms. The van der Waals surface area contributed by atoms with Crippen molar-refractivity contribution >= 4 is 86.4 Å². The van der Waals surface area contributed by atoms with Crippen molar-refractivity contribution < 1.29 is 13.2 Å². The smallest absolute Gasteiger partial charge is 0.233 e. The van der Waals surface area contributed by atoms with Gasteiger partial charge in [-0.15, -0.1) is 32.9 Å². The van der Waals surface area contributed by atoms with Gasteiger partial charge in [0.1, 0.15) is 21.4 Å². The van der Waals surface area contributed by atoms with Crippen molar-refractivity contribution in [2.45, 2.75) is 53.4 Å². The summed E-state index contributed by atoms with van der Waals surface area (Å²) in [4.78, 5) is 6.74. The SMILES string of the molecule is CCCCC(CC)COc1ccc2nc(/N=N/c3ccc(N(c4cccs4)c4cccs4)cc3NS(=O)(=O)CC(C)C)sc2c1. The average Bonchev–Trinajstić information content (AvgIpc) is 3.79. The summed E-state index contributed by atoms with van der Waals surface area (Å²) in [6.45, 7) is 8.89. The Balaban J connectivity index is 1.42. The lowest BCUT2D eigenvalue weighted by atomic mass is 10.0. The molecule has 1 N–H and O–H groups in total. The van der Waals surface area contributed by atoms with Crippen LogP contribution in [-0.2, 0) is 10.0 Å². The van der Waals surface area contributed by atoms with Gasteiger partial charge in [-0.25, -0.2) is 13.4 Å². The molecule has 0 saturated carbocycles. The second-order valence-corrected chi connectivity index (χ2v) is 15.9. The second kappa shape index (κ2) is 15.3. The van der Waals surface area contributed by atoms with E-state index in [9.17, 15) is 8.42 Å². The third kappa shape index (κ3) is 8.90. The fourth-order valence-corrected chi connectivity index (χ4v) is 8.73. The minimum Gasteiger partial charge on any atom is -0.493 e. The third-order valence-corrected chi connectivity index (χ3v) is 11.4. The number of benzene rings is 2. The summed E-state index contributed by atoms with van der Waals surface area (Å²) in [6.07, 6.45) is 4.69. The summed E-state index contributed by atoms with van der Waals surface area (Å²) in [5.74, 6) is 1.33. The number of aromatic nitrogens is 1. The number of thiophene rings is 2. The lowest BCUT2D eigenvalue weighted by molar-refractivity contribution is 0.233. The number of anilines is 4. The maximum atomic E-state index is 13.1. The number of sulfonamides is 1. The minimum atomic E-state index is -3.63. The largest absolute Gasteiger partial charge is 0.493 e. The van der Waals surface area contributed by atoms with E-state index in [4.69, 9.17) is 4.74 Å². The van der Waals surface area contributed by atoms with E-state index in [1.54, 1.807) is 28.7 Å². The van der Waals surface area contributed by atoms with Gasteiger partial charge in [0.2, 0.25) is 15.2 Å². The second-order valence-electron chi connectivity index (χ2n) is 11.3. The summed E-state index contributed by atoms with van der Waals surface area (Å²) in [5, 5.41) is 15.5. The summed E-state index contributed by atoms with van der Waals surface area (Å²) >= 11 is 4.64. The normalized spacial score (nSPS) is 12.7. The highest BCUT2D eigenvalue weighted by molar-refractivity contribution is 7.92. The Hall–Kier alpha value is -3.32. The van der Waals surface area contributed by atoms with Gasteiger partial charge in [0.25, 0.3) is 0 Å². The number of unbranched alkanes of at least 4 members (excludes halogenated alkanes) is 1. The fourth-order valence-electron chi connectivity index (χ4n) is 4.87. The van der Waals surface area contributed by atoms with Crippen molar-refractivity contribution in [1.29, 1.82) is 0 Å². The van der Waals surface area contributed by atoms with Gasteiger partial charge in [0, 0.05) is 5.69 Å². The molecule has 1 unspecified atom stereocenters. The number of nitrogens with one attached hydrogen (secondary N) is 1. The summed E-state index contributed by atoms with van der Waals surface area (Å²) in [6, 6.07) is 19.5. The molecular formula is C33H39N5O3S4. The highest BCUT2D eigenvalue weighted by Gasteiger charge is 2.20. The zero-order valence-corrected chi connectivity index (χ0v) is 29.2. The number of azo groups is 1.